The molecule has 8 bridgehead atoms. The van der Waals surface area contributed by atoms with Crippen molar-refractivity contribution in [2.24, 2.45) is 77.8 Å². The third-order valence-electron chi connectivity index (χ3n) is 20.2. The molecule has 0 aliphatic carbocycles. The van der Waals surface area contributed by atoms with Gasteiger partial charge >= 0.3 is 13.6 Å². The van der Waals surface area contributed by atoms with E-state index in [9.17, 15) is 53.5 Å². The van der Waals surface area contributed by atoms with Crippen molar-refractivity contribution < 1.29 is 67.5 Å². The number of carbonyl (C=O) groups is 6. The van der Waals surface area contributed by atoms with E-state index in [0.29, 0.717) is 45.1 Å². The molecule has 0 saturated carbocycles. The van der Waals surface area contributed by atoms with Gasteiger partial charge < -0.3 is 77.8 Å². The largest absolute Gasteiger partial charge is 0.862 e. The average molecular weight is 1230 g/mol. The van der Waals surface area contributed by atoms with E-state index in [0.717, 1.165) is 11.1 Å². The van der Waals surface area contributed by atoms with Gasteiger partial charge in [-0.3, -0.25) is 48.3 Å². The van der Waals surface area contributed by atoms with Gasteiger partial charge in [0.2, 0.25) is 29.5 Å². The van der Waals surface area contributed by atoms with Crippen LogP contribution in [0.2, 0.25) is 0 Å². The van der Waals surface area contributed by atoms with E-state index < -0.39 is 143 Å². The molecule has 3 saturated heterocycles. The van der Waals surface area contributed by atoms with E-state index in [4.69, 9.17) is 57.3 Å². The minimum atomic E-state index is -4.84. The number of hydrogen-bond donors (Lipinski definition) is 10. The van der Waals surface area contributed by atoms with Crippen molar-refractivity contribution in [1.29, 1.82) is 5.41 Å². The Kier molecular flexibility index (Phi) is 17.4. The van der Waals surface area contributed by atoms with Crippen molar-refractivity contribution in [2.45, 2.75) is 180 Å². The maximum absolute atomic E-state index is 14.3. The second-order valence-corrected chi connectivity index (χ2v) is 28.1. The zero-order valence-electron chi connectivity index (χ0n) is 50.7. The van der Waals surface area contributed by atoms with Gasteiger partial charge in [-0.05, 0) is 114 Å². The van der Waals surface area contributed by atoms with Crippen LogP contribution in [0.1, 0.15) is 136 Å². The van der Waals surface area contributed by atoms with Crippen LogP contribution in [0.15, 0.2) is 68.3 Å². The molecule has 2 unspecified atom stereocenters. The van der Waals surface area contributed by atoms with E-state index >= 15 is 0 Å². The van der Waals surface area contributed by atoms with Crippen LogP contribution < -0.4 is 38.7 Å². The van der Waals surface area contributed by atoms with Gasteiger partial charge in [0, 0.05) is 102 Å². The first-order valence-corrected chi connectivity index (χ1v) is 31.2. The maximum Gasteiger partial charge on any atom is 0.337 e. The van der Waals surface area contributed by atoms with Crippen molar-refractivity contribution in [2.75, 3.05) is 13.2 Å². The topological polar surface area (TPSA) is 438 Å². The Balaban J connectivity index is 1.10. The zero-order chi connectivity index (χ0) is 63.8. The molecule has 27 heteroatoms. The normalized spacial score (nSPS) is 35.2. The number of primary amides is 4. The minimum absolute atomic E-state index is 0.0334. The first-order chi connectivity index (χ1) is 40.6. The molecule has 26 nitrogen and oxygen atoms in total. The number of fused-ring (bicyclic) bond motifs is 10. The van der Waals surface area contributed by atoms with E-state index in [2.05, 4.69) is 15.6 Å². The van der Waals surface area contributed by atoms with Gasteiger partial charge in [0.15, 0.2) is 11.8 Å². The number of imidazole rings is 1. The number of nitrogens with two attached hydrogens (primary N) is 4. The van der Waals surface area contributed by atoms with E-state index in [-0.39, 0.29) is 82.9 Å². The quantitative estimate of drug-likeness (QED) is 0.0331. The summed E-state index contributed by atoms with van der Waals surface area (Å²) in [6, 6.07) is 2.76. The number of esters is 1. The Hall–Kier alpha value is -6.96. The number of aliphatic imine (C=N–C) groups is 3. The summed E-state index contributed by atoms with van der Waals surface area (Å²) in [4.78, 5) is 113. The molecule has 2 aromatic rings. The van der Waals surface area contributed by atoms with Crippen molar-refractivity contribution >= 4 is 77.2 Å². The summed E-state index contributed by atoms with van der Waals surface area (Å²) in [6.45, 7) is 15.5. The number of aromatic nitrogens is 2. The number of aliphatic hydroxyl groups excluding tert-OH is 2. The lowest BCUT2D eigenvalue weighted by atomic mass is 9.58. The van der Waals surface area contributed by atoms with Gasteiger partial charge in [-0.25, -0.2) is 4.98 Å². The molecule has 8 heterocycles. The fraction of sp³-hybridized carbons (Fsp3) is 0.617. The summed E-state index contributed by atoms with van der Waals surface area (Å²) >= 11 is 0. The summed E-state index contributed by atoms with van der Waals surface area (Å²) in [5.41, 5.74) is 22.2. The smallest absolute Gasteiger partial charge is 0.337 e. The number of hydrogen-bond acceptors (Lipinski definition) is 19. The van der Waals surface area contributed by atoms with Gasteiger partial charge in [0.25, 0.3) is 0 Å². The summed E-state index contributed by atoms with van der Waals surface area (Å²) < 4.78 is 33.8. The van der Waals surface area contributed by atoms with Crippen molar-refractivity contribution in [3.05, 3.63) is 64.4 Å². The molecule has 7 aliphatic heterocycles. The number of rotatable bonds is 23. The molecule has 0 spiro atoms. The SMILES string of the molecule is C/C1=C2N=C(/C=C3N=C(/C=C4\N[C@](C)(C5N=C1[C@H](CCC(=O)NC[C@@H](C)OP(=O)(O)[C@H]1[C@@H](O)[C@@H](n6cnc7cc(C)c(C)cc76)O[C@@H]1CO)[C@H]5CC(N)=O)[C@@](C)(CC(N)=O)[C@@H]4CCC(=N)[O-])[C@@]1(C)CC(=O)O[C@@]\31CCC(N)=O)C(C)(C)[C@@H]/2CCC(N)=O. The van der Waals surface area contributed by atoms with Crippen LogP contribution in [-0.2, 0) is 47.3 Å². The predicted octanol–water partition coefficient (Wildman–Crippen LogP) is 2.50. The van der Waals surface area contributed by atoms with Crippen LogP contribution in [0.4, 0.5) is 0 Å². The summed E-state index contributed by atoms with van der Waals surface area (Å²) in [5.74, 6) is -7.44. The number of allylic oxidation sites excluding steroid dienone is 5. The van der Waals surface area contributed by atoms with Crippen LogP contribution in [0.5, 0.6) is 0 Å². The molecular formula is C60H82N12O14P-. The molecule has 5 amide bonds. The van der Waals surface area contributed by atoms with Gasteiger partial charge in [-0.1, -0.05) is 20.8 Å². The molecule has 7 aliphatic rings. The third-order valence-corrected chi connectivity index (χ3v) is 22.3. The van der Waals surface area contributed by atoms with Crippen molar-refractivity contribution in [3.63, 3.8) is 0 Å². The second-order valence-electron chi connectivity index (χ2n) is 26.1. The van der Waals surface area contributed by atoms with Gasteiger partial charge in [-0.15, -0.1) is 0 Å². The molecule has 14 N–H and O–H groups in total. The van der Waals surface area contributed by atoms with Crippen LogP contribution in [0, 0.1) is 59.2 Å². The predicted molar refractivity (Wildman–Crippen MR) is 318 cm³/mol. The van der Waals surface area contributed by atoms with Crippen LogP contribution in [0.25, 0.3) is 11.0 Å². The number of nitrogens with zero attached hydrogens (tertiary/aromatic N) is 5. The minimum Gasteiger partial charge on any atom is -0.862 e. The van der Waals surface area contributed by atoms with Crippen molar-refractivity contribution in [3.8, 4) is 0 Å². The average Bonchev–Trinajstić information content (AvgIpc) is 1.55. The third kappa shape index (κ3) is 11.4. The van der Waals surface area contributed by atoms with Crippen LogP contribution in [0.3, 0.4) is 0 Å². The monoisotopic (exact) mass is 1230 g/mol. The van der Waals surface area contributed by atoms with Crippen LogP contribution in [-0.4, -0.2) is 137 Å². The highest BCUT2D eigenvalue weighted by molar-refractivity contribution is 7.53. The van der Waals surface area contributed by atoms with Gasteiger partial charge in [0.1, 0.15) is 17.9 Å². The number of carbonyl (C=O) groups excluding carboxylic acids is 6. The molecule has 9 rings (SSSR count). The van der Waals surface area contributed by atoms with E-state index in [1.54, 1.807) is 16.7 Å². The molecule has 87 heavy (non-hydrogen) atoms. The van der Waals surface area contributed by atoms with E-state index in [1.807, 2.05) is 67.5 Å². The lowest BCUT2D eigenvalue weighted by Gasteiger charge is -2.47. The number of benzene rings is 1. The number of ether oxygens (including phenoxy) is 2. The molecule has 472 valence electrons. The Morgan fingerprint density at radius 1 is 0.931 bits per heavy atom. The number of nitrogens with one attached hydrogen (secondary N) is 3. The Labute approximate surface area is 504 Å². The Morgan fingerprint density at radius 3 is 2.25 bits per heavy atom. The lowest BCUT2D eigenvalue weighted by Crippen LogP contribution is -2.60. The summed E-state index contributed by atoms with van der Waals surface area (Å²) in [6.07, 6.45) is -1.54. The highest BCUT2D eigenvalue weighted by Crippen LogP contribution is 2.62. The van der Waals surface area contributed by atoms with Gasteiger partial charge in [-0.2, -0.15) is 0 Å². The summed E-state index contributed by atoms with van der Waals surface area (Å²) in [5, 5.41) is 49.2. The number of aliphatic hydroxyl groups is 2. The first kappa shape index (κ1) is 64.5. The number of aryl methyl sites for hydroxylation is 2. The zero-order valence-corrected chi connectivity index (χ0v) is 51.6. The molecular weight excluding hydrogens is 1140 g/mol. The molecule has 1 aromatic carbocycles. The maximum atomic E-state index is 14.3. The van der Waals surface area contributed by atoms with Gasteiger partial charge in [0.05, 0.1) is 64.9 Å². The Morgan fingerprint density at radius 2 is 1.61 bits per heavy atom. The molecule has 1 aromatic heterocycles. The fourth-order valence-corrected chi connectivity index (χ4v) is 17.1. The standard InChI is InChI=1S/C60H83N12O14P/c1-28-18-37-38(19-29(28)2)72(27-67-37)55-52(81)53(39(26-73)84-55)87(82,83)86-30(3)25-66-48(79)15-10-32-33(20-46(64)77)54-59(9)57(7,23-47(65)78)34(11-13-43(61)74)36(71-59)21-41-58(8)24-49(80)85-60(58,17-16-45(63)76)42(68-41)22-40-56(5,6)35(12-14-44(62)75)51(69-40)31(4)50(32)70-54/h18-19,21-22,27,30,32-35,39,52-55,71,73,81H,10-17,20,23-26H2,1-9H3,(H2,61,74)(H2,62,75)(H2,63,76)(H2,64,77)(H2,65,78)(H,66,79)(H,82,83)/p-1/b36-21-,42-22-,51-31-/t30-,32-,33-,34-,35-,39-,52-,53-,54?,55+,57+,58-,59-,60+/m1/s1. The summed E-state index contributed by atoms with van der Waals surface area (Å²) in [7, 11) is -4.84. The van der Waals surface area contributed by atoms with E-state index in [1.165, 1.54) is 13.3 Å². The fourth-order valence-electron chi connectivity index (χ4n) is 15.2. The van der Waals surface area contributed by atoms with Crippen LogP contribution >= 0.6 is 7.60 Å². The Bertz CT molecular complexity index is 3480. The first-order valence-electron chi connectivity index (χ1n) is 29.6. The molecule has 15 atom stereocenters. The molecule has 3 fully saturated rings. The second kappa shape index (κ2) is 23.5. The lowest BCUT2D eigenvalue weighted by molar-refractivity contribution is -0.220. The molecule has 0 radical (unpaired) electrons. The highest BCUT2D eigenvalue weighted by atomic mass is 31.2. The van der Waals surface area contributed by atoms with Crippen molar-refractivity contribution in [1.82, 2.24) is 20.2 Å². The number of amides is 5. The highest BCUT2D eigenvalue weighted by Gasteiger charge is 2.68.